The molecular weight excluding hydrogens is 250 g/mol. The summed E-state index contributed by atoms with van der Waals surface area (Å²) in [7, 11) is 0. The Hall–Kier alpha value is -2.15. The van der Waals surface area contributed by atoms with E-state index in [2.05, 4.69) is 15.3 Å². The molecule has 0 fully saturated rings. The fourth-order valence-electron chi connectivity index (χ4n) is 1.57. The Morgan fingerprint density at radius 2 is 2.39 bits per heavy atom. The largest absolute Gasteiger partial charge is 0.462 e. The Morgan fingerprint density at radius 1 is 1.50 bits per heavy atom. The van der Waals surface area contributed by atoms with E-state index < -0.39 is 0 Å². The molecule has 6 nitrogen and oxygen atoms in total. The molecule has 0 aliphatic carbocycles. The first-order chi connectivity index (χ1) is 8.74. The van der Waals surface area contributed by atoms with E-state index in [1.54, 1.807) is 22.3 Å². The zero-order chi connectivity index (χ0) is 12.5. The van der Waals surface area contributed by atoms with E-state index in [1.165, 1.54) is 0 Å². The SMILES string of the molecule is Cc1c(N)nnn1Cc1csc(-c2ccco2)n1. The summed E-state index contributed by atoms with van der Waals surface area (Å²) in [5, 5.41) is 10.6. The lowest BCUT2D eigenvalue weighted by molar-refractivity contribution is 0.580. The quantitative estimate of drug-likeness (QED) is 0.779. The molecule has 0 amide bonds. The van der Waals surface area contributed by atoms with Gasteiger partial charge in [-0.1, -0.05) is 5.21 Å². The second-order valence-electron chi connectivity index (χ2n) is 3.84. The van der Waals surface area contributed by atoms with Gasteiger partial charge < -0.3 is 10.2 Å². The van der Waals surface area contributed by atoms with E-state index in [9.17, 15) is 0 Å². The van der Waals surface area contributed by atoms with E-state index >= 15 is 0 Å². The normalized spacial score (nSPS) is 10.9. The third-order valence-electron chi connectivity index (χ3n) is 2.61. The van der Waals surface area contributed by atoms with Gasteiger partial charge in [-0.25, -0.2) is 9.67 Å². The maximum Gasteiger partial charge on any atom is 0.168 e. The van der Waals surface area contributed by atoms with Crippen LogP contribution < -0.4 is 5.73 Å². The number of nitrogen functional groups attached to an aromatic ring is 1. The summed E-state index contributed by atoms with van der Waals surface area (Å²) in [6.07, 6.45) is 1.64. The molecule has 0 saturated heterocycles. The number of nitrogens with zero attached hydrogens (tertiary/aromatic N) is 4. The molecule has 3 aromatic rings. The van der Waals surface area contributed by atoms with Crippen molar-refractivity contribution >= 4 is 17.2 Å². The van der Waals surface area contributed by atoms with E-state index in [0.29, 0.717) is 12.4 Å². The fourth-order valence-corrected chi connectivity index (χ4v) is 2.35. The molecular formula is C11H11N5OS. The number of nitrogens with two attached hydrogens (primary N) is 1. The molecule has 2 N–H and O–H groups in total. The van der Waals surface area contributed by atoms with Crippen LogP contribution in [0.25, 0.3) is 10.8 Å². The number of hydrogen-bond acceptors (Lipinski definition) is 6. The molecule has 3 aromatic heterocycles. The van der Waals surface area contributed by atoms with Crippen LogP contribution in [0.3, 0.4) is 0 Å². The Kier molecular flexibility index (Phi) is 2.60. The number of rotatable bonds is 3. The molecule has 18 heavy (non-hydrogen) atoms. The van der Waals surface area contributed by atoms with Crippen molar-refractivity contribution in [1.29, 1.82) is 0 Å². The van der Waals surface area contributed by atoms with Crippen molar-refractivity contribution in [2.75, 3.05) is 5.73 Å². The van der Waals surface area contributed by atoms with Gasteiger partial charge in [0.2, 0.25) is 0 Å². The second kappa shape index (κ2) is 4.26. The highest BCUT2D eigenvalue weighted by Gasteiger charge is 2.10. The molecule has 0 saturated carbocycles. The minimum absolute atomic E-state index is 0.455. The first kappa shape index (κ1) is 11.0. The van der Waals surface area contributed by atoms with Gasteiger partial charge in [0, 0.05) is 5.38 Å². The summed E-state index contributed by atoms with van der Waals surface area (Å²) in [4.78, 5) is 4.49. The van der Waals surface area contributed by atoms with Crippen molar-refractivity contribution in [2.45, 2.75) is 13.5 Å². The zero-order valence-electron chi connectivity index (χ0n) is 9.70. The molecule has 7 heteroatoms. The van der Waals surface area contributed by atoms with Gasteiger partial charge in [-0.3, -0.25) is 0 Å². The lowest BCUT2D eigenvalue weighted by atomic mass is 10.4. The van der Waals surface area contributed by atoms with Crippen LogP contribution in [-0.2, 0) is 6.54 Å². The van der Waals surface area contributed by atoms with Crippen molar-refractivity contribution in [3.05, 3.63) is 35.2 Å². The molecule has 0 unspecified atom stereocenters. The lowest BCUT2D eigenvalue weighted by Crippen LogP contribution is -2.04. The molecule has 0 spiro atoms. The molecule has 0 aromatic carbocycles. The molecule has 0 atom stereocenters. The van der Waals surface area contributed by atoms with Crippen molar-refractivity contribution < 1.29 is 4.42 Å². The third kappa shape index (κ3) is 1.88. The number of anilines is 1. The number of aromatic nitrogens is 4. The average Bonchev–Trinajstić information content (AvgIpc) is 3.06. The summed E-state index contributed by atoms with van der Waals surface area (Å²) in [5.41, 5.74) is 7.42. The maximum absolute atomic E-state index is 5.65. The van der Waals surface area contributed by atoms with E-state index in [4.69, 9.17) is 10.2 Å². The van der Waals surface area contributed by atoms with Crippen LogP contribution in [0.5, 0.6) is 0 Å². The predicted octanol–water partition coefficient (Wildman–Crippen LogP) is 1.93. The smallest absolute Gasteiger partial charge is 0.168 e. The Morgan fingerprint density at radius 3 is 3.06 bits per heavy atom. The molecule has 3 heterocycles. The fraction of sp³-hybridized carbons (Fsp3) is 0.182. The van der Waals surface area contributed by atoms with Crippen molar-refractivity contribution in [3.8, 4) is 10.8 Å². The van der Waals surface area contributed by atoms with Gasteiger partial charge in [-0.2, -0.15) is 0 Å². The van der Waals surface area contributed by atoms with Crippen LogP contribution in [0, 0.1) is 6.92 Å². The summed E-state index contributed by atoms with van der Waals surface area (Å²) in [6, 6.07) is 3.74. The summed E-state index contributed by atoms with van der Waals surface area (Å²) in [5.74, 6) is 1.23. The van der Waals surface area contributed by atoms with Crippen LogP contribution in [-0.4, -0.2) is 20.0 Å². The Bertz CT molecular complexity index is 655. The third-order valence-corrected chi connectivity index (χ3v) is 3.52. The molecule has 0 radical (unpaired) electrons. The minimum atomic E-state index is 0.455. The highest BCUT2D eigenvalue weighted by molar-refractivity contribution is 7.13. The average molecular weight is 261 g/mol. The number of thiazole rings is 1. The second-order valence-corrected chi connectivity index (χ2v) is 4.70. The van der Waals surface area contributed by atoms with E-state index in [0.717, 1.165) is 22.2 Å². The lowest BCUT2D eigenvalue weighted by Gasteiger charge is -1.99. The van der Waals surface area contributed by atoms with Gasteiger partial charge in [0.05, 0.1) is 24.2 Å². The van der Waals surface area contributed by atoms with Crippen LogP contribution >= 0.6 is 11.3 Å². The van der Waals surface area contributed by atoms with Gasteiger partial charge in [-0.15, -0.1) is 16.4 Å². The van der Waals surface area contributed by atoms with Gasteiger partial charge in [-0.05, 0) is 19.1 Å². The topological polar surface area (TPSA) is 82.8 Å². The molecule has 0 aliphatic rings. The van der Waals surface area contributed by atoms with Crippen LogP contribution in [0.1, 0.15) is 11.4 Å². The zero-order valence-corrected chi connectivity index (χ0v) is 10.5. The first-order valence-corrected chi connectivity index (χ1v) is 6.26. The summed E-state index contributed by atoms with van der Waals surface area (Å²) >= 11 is 1.54. The van der Waals surface area contributed by atoms with Gasteiger partial charge >= 0.3 is 0 Å². The molecule has 0 aliphatic heterocycles. The highest BCUT2D eigenvalue weighted by atomic mass is 32.1. The summed E-state index contributed by atoms with van der Waals surface area (Å²) in [6.45, 7) is 2.45. The van der Waals surface area contributed by atoms with E-state index in [-0.39, 0.29) is 0 Å². The van der Waals surface area contributed by atoms with Crippen molar-refractivity contribution in [1.82, 2.24) is 20.0 Å². The number of furan rings is 1. The van der Waals surface area contributed by atoms with Crippen molar-refractivity contribution in [3.63, 3.8) is 0 Å². The standard InChI is InChI=1S/C11H11N5OS/c1-7-10(12)14-15-16(7)5-8-6-18-11(13-8)9-3-2-4-17-9/h2-4,6H,5,12H2,1H3. The van der Waals surface area contributed by atoms with Crippen LogP contribution in [0.4, 0.5) is 5.82 Å². The highest BCUT2D eigenvalue weighted by Crippen LogP contribution is 2.24. The van der Waals surface area contributed by atoms with Gasteiger partial charge in [0.25, 0.3) is 0 Å². The van der Waals surface area contributed by atoms with Gasteiger partial charge in [0.1, 0.15) is 0 Å². The minimum Gasteiger partial charge on any atom is -0.462 e. The van der Waals surface area contributed by atoms with Gasteiger partial charge in [0.15, 0.2) is 16.6 Å². The monoisotopic (exact) mass is 261 g/mol. The van der Waals surface area contributed by atoms with Crippen LogP contribution in [0.15, 0.2) is 28.2 Å². The maximum atomic E-state index is 5.65. The van der Waals surface area contributed by atoms with Crippen molar-refractivity contribution in [2.24, 2.45) is 0 Å². The first-order valence-electron chi connectivity index (χ1n) is 5.38. The Labute approximate surface area is 107 Å². The Balaban J connectivity index is 1.84. The molecule has 92 valence electrons. The molecule has 0 bridgehead atoms. The summed E-state index contributed by atoms with van der Waals surface area (Å²) < 4.78 is 7.04. The predicted molar refractivity (Wildman–Crippen MR) is 68.1 cm³/mol. The molecule has 3 rings (SSSR count). The van der Waals surface area contributed by atoms with E-state index in [1.807, 2.05) is 24.4 Å². The number of hydrogen-bond donors (Lipinski definition) is 1. The van der Waals surface area contributed by atoms with Crippen LogP contribution in [0.2, 0.25) is 0 Å².